The van der Waals surface area contributed by atoms with Gasteiger partial charge >= 0.3 is 0 Å². The molecule has 0 aromatic rings. The molecule has 1 aliphatic carbocycles. The number of carbonyl (C=O) groups is 5. The van der Waals surface area contributed by atoms with Crippen LogP contribution in [0.25, 0.3) is 0 Å². The van der Waals surface area contributed by atoms with Crippen molar-refractivity contribution in [2.75, 3.05) is 48.5 Å². The number of allylic oxidation sites excluding steroid dienone is 4. The number of rotatable bonds is 22. The van der Waals surface area contributed by atoms with Crippen molar-refractivity contribution >= 4 is 31.2 Å². The molecule has 12 nitrogen and oxygen atoms in total. The molecule has 70 heavy (non-hydrogen) atoms. The average molecular weight is 1010 g/mol. The highest BCUT2D eigenvalue weighted by atomic mass is 19.1. The van der Waals surface area contributed by atoms with E-state index < -0.39 is 6.04 Å². The first-order valence-electron chi connectivity index (χ1n) is 27.1. The van der Waals surface area contributed by atoms with Gasteiger partial charge in [-0.2, -0.15) is 0 Å². The number of likely N-dealkylation sites (tertiary alicyclic amines) is 1. The standard InChI is InChI=1S/C13H26O2.C10H12FNO2.C10H21NO.C8H16N2O2.C5H12O.C3H8.4C2H6/c1-5-7-8-12(11(3)6-2)13(15-4)9-10-14;11-10-4-2-1-3-8(10)5-9(6-13)12-7-14;1-8(2)10(12-4)9-6-5-7-11(9)3;1-6(2)7(9-3)8(12)10-4-5-11;1-5(2,3)6-4;1-3-2;4*1-2/h10-13H,5-9H2,1-4H3;1-2,4,6-9H,3,5H2,(H,12,14);8-10H,5-7H2,1-4H3;5-7,9H,4H2,1-3H3,(H,10,12);1-4H3;3H2,1-2H3;4*1-2H3/t;;9-,10?;;;;;;;/m..0......./s1. The minimum absolute atomic E-state index is 0.0417. The van der Waals surface area contributed by atoms with Gasteiger partial charge in [-0.05, 0) is 103 Å². The maximum Gasteiger partial charge on any atom is 0.237 e. The van der Waals surface area contributed by atoms with Crippen LogP contribution in [0.1, 0.15) is 203 Å². The van der Waals surface area contributed by atoms with Crippen LogP contribution in [0.2, 0.25) is 0 Å². The average Bonchev–Trinajstić information content (AvgIpc) is 3.78. The molecule has 1 aliphatic heterocycles. The van der Waals surface area contributed by atoms with Crippen LogP contribution in [-0.2, 0) is 38.2 Å². The normalized spacial score (nSPS) is 16.8. The van der Waals surface area contributed by atoms with E-state index in [1.807, 2.05) is 103 Å². The molecule has 13 heteroatoms. The molecule has 0 bridgehead atoms. The van der Waals surface area contributed by atoms with Gasteiger partial charge in [0.05, 0.1) is 36.4 Å². The summed E-state index contributed by atoms with van der Waals surface area (Å²) in [5.74, 6) is 1.38. The van der Waals surface area contributed by atoms with Crippen LogP contribution in [0.3, 0.4) is 0 Å². The van der Waals surface area contributed by atoms with Gasteiger partial charge in [-0.25, -0.2) is 4.39 Å². The van der Waals surface area contributed by atoms with Gasteiger partial charge in [-0.3, -0.25) is 9.59 Å². The van der Waals surface area contributed by atoms with Crippen molar-refractivity contribution in [2.24, 2.45) is 29.6 Å². The van der Waals surface area contributed by atoms with Gasteiger partial charge in [0.2, 0.25) is 12.3 Å². The highest BCUT2D eigenvalue weighted by Crippen LogP contribution is 2.28. The number of amides is 2. The van der Waals surface area contributed by atoms with Gasteiger partial charge in [0, 0.05) is 39.7 Å². The summed E-state index contributed by atoms with van der Waals surface area (Å²) in [6.45, 7) is 42.7. The van der Waals surface area contributed by atoms with Gasteiger partial charge in [-0.15, -0.1) is 0 Å². The largest absolute Gasteiger partial charge is 0.381 e. The molecule has 0 spiro atoms. The molecule has 1 saturated heterocycles. The Morgan fingerprint density at radius 1 is 0.871 bits per heavy atom. The fourth-order valence-corrected chi connectivity index (χ4v) is 6.78. The van der Waals surface area contributed by atoms with E-state index in [2.05, 4.69) is 76.4 Å². The van der Waals surface area contributed by atoms with E-state index in [4.69, 9.17) is 14.2 Å². The molecule has 2 rings (SSSR count). The summed E-state index contributed by atoms with van der Waals surface area (Å²) < 4.78 is 29.1. The lowest BCUT2D eigenvalue weighted by Gasteiger charge is -2.30. The molecule has 3 N–H and O–H groups in total. The third kappa shape index (κ3) is 50.1. The number of hydrogen-bond acceptors (Lipinski definition) is 10. The van der Waals surface area contributed by atoms with E-state index >= 15 is 0 Å². The molecule has 0 aromatic heterocycles. The lowest BCUT2D eigenvalue weighted by molar-refractivity contribution is -0.125. The first-order chi connectivity index (χ1) is 33.2. The first-order valence-corrected chi connectivity index (χ1v) is 27.1. The molecule has 1 fully saturated rings. The highest BCUT2D eigenvalue weighted by Gasteiger charge is 2.31. The topological polar surface area (TPSA) is 152 Å². The van der Waals surface area contributed by atoms with Crippen molar-refractivity contribution in [2.45, 2.75) is 239 Å². The Hall–Kier alpha value is -2.84. The lowest BCUT2D eigenvalue weighted by atomic mass is 9.82. The molecule has 0 radical (unpaired) electrons. The third-order valence-corrected chi connectivity index (χ3v) is 10.7. The predicted molar refractivity (Wildman–Crippen MR) is 300 cm³/mol. The molecular formula is C57H119FN4O8. The number of halogens is 1. The van der Waals surface area contributed by atoms with E-state index in [0.29, 0.717) is 68.1 Å². The first kappa shape index (κ1) is 84.0. The van der Waals surface area contributed by atoms with E-state index in [1.165, 1.54) is 51.1 Å². The van der Waals surface area contributed by atoms with Crippen LogP contribution in [-0.4, -0.2) is 121 Å². The summed E-state index contributed by atoms with van der Waals surface area (Å²) >= 11 is 0. The van der Waals surface area contributed by atoms with Crippen molar-refractivity contribution in [1.82, 2.24) is 20.9 Å². The van der Waals surface area contributed by atoms with Crippen molar-refractivity contribution < 1.29 is 42.6 Å². The smallest absolute Gasteiger partial charge is 0.237 e. The van der Waals surface area contributed by atoms with Crippen LogP contribution in [0.5, 0.6) is 0 Å². The Balaban J connectivity index is -0.000000110. The van der Waals surface area contributed by atoms with Crippen molar-refractivity contribution in [3.05, 3.63) is 24.1 Å². The van der Waals surface area contributed by atoms with E-state index in [1.54, 1.807) is 27.3 Å². The second-order valence-electron chi connectivity index (χ2n) is 17.6. The van der Waals surface area contributed by atoms with Crippen LogP contribution >= 0.6 is 0 Å². The number of nitrogens with zero attached hydrogens (tertiary/aromatic N) is 1. The number of methoxy groups -OCH3 is 3. The monoisotopic (exact) mass is 1010 g/mol. The Kier molecular flexibility index (Phi) is 74.7. The van der Waals surface area contributed by atoms with Gasteiger partial charge in [0.15, 0.2) is 0 Å². The maximum absolute atomic E-state index is 13.2. The molecule has 1 heterocycles. The van der Waals surface area contributed by atoms with Gasteiger partial charge < -0.3 is 49.4 Å². The Morgan fingerprint density at radius 3 is 1.71 bits per heavy atom. The third-order valence-electron chi connectivity index (χ3n) is 10.7. The summed E-state index contributed by atoms with van der Waals surface area (Å²) in [5, 5.41) is 7.71. The minimum atomic E-state index is -0.594. The van der Waals surface area contributed by atoms with Crippen LogP contribution < -0.4 is 16.0 Å². The highest BCUT2D eigenvalue weighted by molar-refractivity contribution is 5.83. The Morgan fingerprint density at radius 2 is 1.40 bits per heavy atom. The summed E-state index contributed by atoms with van der Waals surface area (Å²) in [5.41, 5.74) is 0.0417. The zero-order chi connectivity index (χ0) is 56.7. The molecular weight excluding hydrogens is 888 g/mol. The summed E-state index contributed by atoms with van der Waals surface area (Å²) in [6, 6.07) is -0.164. The van der Waals surface area contributed by atoms with Crippen LogP contribution in [0.4, 0.5) is 4.39 Å². The number of hydrogen-bond donors (Lipinski definition) is 3. The molecule has 2 amide bonds. The zero-order valence-corrected chi connectivity index (χ0v) is 50.4. The second kappa shape index (κ2) is 62.3. The van der Waals surface area contributed by atoms with E-state index in [0.717, 1.165) is 12.7 Å². The summed E-state index contributed by atoms with van der Waals surface area (Å²) in [7, 11) is 9.18. The fourth-order valence-electron chi connectivity index (χ4n) is 6.78. The molecule has 2 aliphatic rings. The second-order valence-corrected chi connectivity index (χ2v) is 17.6. The summed E-state index contributed by atoms with van der Waals surface area (Å²) in [6.07, 6.45) is 18.2. The number of nitrogens with one attached hydrogen (secondary N) is 3. The minimum Gasteiger partial charge on any atom is -0.381 e. The lowest BCUT2D eigenvalue weighted by Crippen LogP contribution is -2.46. The van der Waals surface area contributed by atoms with Gasteiger partial charge in [0.1, 0.15) is 24.7 Å². The van der Waals surface area contributed by atoms with Gasteiger partial charge in [-0.1, -0.05) is 156 Å². The van der Waals surface area contributed by atoms with Crippen molar-refractivity contribution in [3.8, 4) is 0 Å². The number of likely N-dealkylation sites (N-methyl/N-ethyl adjacent to an activating group) is 2. The quantitative estimate of drug-likeness (QED) is 0.0894. The summed E-state index contributed by atoms with van der Waals surface area (Å²) in [4.78, 5) is 54.8. The number of unbranched alkanes of at least 4 members (excludes halogenated alkanes) is 1. The number of aldehydes is 3. The Bertz CT molecular complexity index is 1170. The zero-order valence-electron chi connectivity index (χ0n) is 50.4. The van der Waals surface area contributed by atoms with E-state index in [-0.39, 0.29) is 47.9 Å². The van der Waals surface area contributed by atoms with Gasteiger partial charge in [0.25, 0.3) is 0 Å². The maximum atomic E-state index is 13.2. The van der Waals surface area contributed by atoms with Crippen molar-refractivity contribution in [1.29, 1.82) is 0 Å². The molecule has 7 unspecified atom stereocenters. The molecule has 0 saturated carbocycles. The molecule has 0 aromatic carbocycles. The van der Waals surface area contributed by atoms with Crippen LogP contribution in [0, 0.1) is 29.6 Å². The van der Waals surface area contributed by atoms with Crippen LogP contribution in [0.15, 0.2) is 24.1 Å². The number of carbonyl (C=O) groups excluding carboxylic acids is 5. The molecule has 8 atom stereocenters. The van der Waals surface area contributed by atoms with Crippen molar-refractivity contribution in [3.63, 3.8) is 0 Å². The fraction of sp³-hybridized carbons (Fsp3) is 0.842. The van der Waals surface area contributed by atoms with E-state index in [9.17, 15) is 28.4 Å². The predicted octanol–water partition coefficient (Wildman–Crippen LogP) is 12.8. The number of ether oxygens (including phenoxy) is 3. The molecule has 422 valence electrons. The Labute approximate surface area is 434 Å². The SMILES string of the molecule is CC.CC.CC.CC.CCC.CCCCC(C(C)CC)C(CC=O)OC.CNC(C(=O)NCC=O)C(C)C.COC(C(C)C)[C@@H]1CCCN1C.COC(C)(C)C.O=CNC(C=O)CC1CC=CC=C1F.